The lowest BCUT2D eigenvalue weighted by Gasteiger charge is -2.29. The maximum atomic E-state index is 12.9. The fourth-order valence-electron chi connectivity index (χ4n) is 4.35. The summed E-state index contributed by atoms with van der Waals surface area (Å²) in [6, 6.07) is 10.3. The molecular formula is C23H18Cl2N4O3. The topological polar surface area (TPSA) is 84.3 Å². The maximum Gasteiger partial charge on any atom is 0.255 e. The molecule has 9 heteroatoms. The fourth-order valence-corrected chi connectivity index (χ4v) is 4.65. The Kier molecular flexibility index (Phi) is 5.03. The summed E-state index contributed by atoms with van der Waals surface area (Å²) in [4.78, 5) is 42.8. The van der Waals surface area contributed by atoms with Crippen molar-refractivity contribution in [3.8, 4) is 22.5 Å². The van der Waals surface area contributed by atoms with Crippen LogP contribution in [0.5, 0.6) is 0 Å². The zero-order valence-electron chi connectivity index (χ0n) is 17.1. The third kappa shape index (κ3) is 3.38. The van der Waals surface area contributed by atoms with Crippen LogP contribution in [0.15, 0.2) is 42.7 Å². The van der Waals surface area contributed by atoms with Gasteiger partial charge in [0.25, 0.3) is 5.91 Å². The number of nitrogens with one attached hydrogen (secondary N) is 1. The number of halogens is 2. The normalized spacial score (nSPS) is 18.2. The molecular weight excluding hydrogens is 451 g/mol. The molecule has 7 nitrogen and oxygen atoms in total. The number of carbonyl (C=O) groups excluding carboxylic acids is 3. The molecule has 1 fully saturated rings. The summed E-state index contributed by atoms with van der Waals surface area (Å²) in [5.41, 5.74) is 4.73. The molecule has 32 heavy (non-hydrogen) atoms. The summed E-state index contributed by atoms with van der Waals surface area (Å²) in [6.45, 7) is 0.309. The van der Waals surface area contributed by atoms with Crippen molar-refractivity contribution in [3.05, 3.63) is 63.9 Å². The molecule has 1 N–H and O–H groups in total. The van der Waals surface area contributed by atoms with E-state index < -0.39 is 11.9 Å². The fraction of sp³-hybridized carbons (Fsp3) is 0.217. The molecule has 0 spiro atoms. The number of piperidine rings is 1. The highest BCUT2D eigenvalue weighted by Gasteiger charge is 2.39. The van der Waals surface area contributed by atoms with E-state index in [0.29, 0.717) is 28.6 Å². The van der Waals surface area contributed by atoms with E-state index >= 15 is 0 Å². The molecule has 2 aliphatic rings. The number of imide groups is 1. The van der Waals surface area contributed by atoms with Gasteiger partial charge in [-0.25, -0.2) is 4.98 Å². The molecule has 3 amide bonds. The quantitative estimate of drug-likeness (QED) is 0.592. The van der Waals surface area contributed by atoms with Crippen molar-refractivity contribution in [2.75, 3.05) is 0 Å². The van der Waals surface area contributed by atoms with Gasteiger partial charge in [0, 0.05) is 36.7 Å². The Morgan fingerprint density at radius 1 is 1.03 bits per heavy atom. The lowest BCUT2D eigenvalue weighted by Crippen LogP contribution is -2.52. The third-order valence-electron chi connectivity index (χ3n) is 5.93. The van der Waals surface area contributed by atoms with Crippen LogP contribution in [0.1, 0.15) is 28.8 Å². The molecule has 1 saturated heterocycles. The van der Waals surface area contributed by atoms with Crippen molar-refractivity contribution in [1.29, 1.82) is 0 Å². The number of benzene rings is 2. The smallest absolute Gasteiger partial charge is 0.255 e. The maximum absolute atomic E-state index is 12.9. The average molecular weight is 469 g/mol. The van der Waals surface area contributed by atoms with Crippen LogP contribution >= 0.6 is 23.2 Å². The summed E-state index contributed by atoms with van der Waals surface area (Å²) in [7, 11) is 1.90. The number of hydrogen-bond acceptors (Lipinski definition) is 4. The number of rotatable bonds is 3. The molecule has 2 aliphatic heterocycles. The zero-order chi connectivity index (χ0) is 22.6. The van der Waals surface area contributed by atoms with Crippen LogP contribution in [0.4, 0.5) is 0 Å². The highest BCUT2D eigenvalue weighted by atomic mass is 35.5. The second-order valence-electron chi connectivity index (χ2n) is 7.95. The van der Waals surface area contributed by atoms with E-state index in [0.717, 1.165) is 28.1 Å². The second kappa shape index (κ2) is 7.76. The average Bonchev–Trinajstić information content (AvgIpc) is 3.30. The van der Waals surface area contributed by atoms with Gasteiger partial charge in [0.15, 0.2) is 0 Å². The van der Waals surface area contributed by atoms with Gasteiger partial charge in [-0.1, -0.05) is 35.3 Å². The van der Waals surface area contributed by atoms with Crippen LogP contribution in [0.3, 0.4) is 0 Å². The van der Waals surface area contributed by atoms with E-state index in [4.69, 9.17) is 23.2 Å². The molecule has 0 bridgehead atoms. The first-order valence-corrected chi connectivity index (χ1v) is 10.8. The van der Waals surface area contributed by atoms with Crippen LogP contribution in [-0.4, -0.2) is 38.2 Å². The van der Waals surface area contributed by atoms with Crippen LogP contribution in [0.2, 0.25) is 10.0 Å². The Labute approximate surface area is 193 Å². The summed E-state index contributed by atoms with van der Waals surface area (Å²) in [5.74, 6) is -0.927. The lowest BCUT2D eigenvalue weighted by molar-refractivity contribution is -0.136. The molecule has 1 atom stereocenters. The Balaban J connectivity index is 1.50. The van der Waals surface area contributed by atoms with Crippen molar-refractivity contribution in [2.24, 2.45) is 7.05 Å². The van der Waals surface area contributed by atoms with E-state index in [1.807, 2.05) is 29.8 Å². The minimum absolute atomic E-state index is 0.202. The zero-order valence-corrected chi connectivity index (χ0v) is 18.6. The number of amides is 3. The van der Waals surface area contributed by atoms with E-state index in [-0.39, 0.29) is 18.2 Å². The molecule has 0 saturated carbocycles. The van der Waals surface area contributed by atoms with Gasteiger partial charge in [-0.3, -0.25) is 19.7 Å². The van der Waals surface area contributed by atoms with Crippen LogP contribution < -0.4 is 5.32 Å². The Bertz CT molecular complexity index is 1300. The summed E-state index contributed by atoms with van der Waals surface area (Å²) >= 11 is 12.3. The summed E-state index contributed by atoms with van der Waals surface area (Å²) in [6.07, 6.45) is 2.28. The minimum Gasteiger partial charge on any atom is -0.333 e. The van der Waals surface area contributed by atoms with E-state index in [1.165, 1.54) is 4.90 Å². The van der Waals surface area contributed by atoms with Crippen molar-refractivity contribution < 1.29 is 14.4 Å². The summed E-state index contributed by atoms with van der Waals surface area (Å²) in [5, 5.41) is 3.25. The van der Waals surface area contributed by atoms with Crippen molar-refractivity contribution in [2.45, 2.75) is 25.4 Å². The molecule has 1 unspecified atom stereocenters. The standard InChI is InChI=1S/C23H18Cl2N4O3/c1-28-11-26-20(21(28)13-3-5-16(24)17(25)9-13)12-2-4-15-14(8-12)10-29(23(15)32)18-6-7-19(30)27-22(18)31/h2-5,8-9,11,18H,6-7,10H2,1H3,(H,27,30,31). The van der Waals surface area contributed by atoms with E-state index in [2.05, 4.69) is 10.3 Å². The highest BCUT2D eigenvalue weighted by Crippen LogP contribution is 2.36. The molecule has 162 valence electrons. The number of fused-ring (bicyclic) bond motifs is 1. The van der Waals surface area contributed by atoms with Crippen LogP contribution in [0, 0.1) is 0 Å². The first-order chi connectivity index (χ1) is 15.3. The second-order valence-corrected chi connectivity index (χ2v) is 8.77. The van der Waals surface area contributed by atoms with E-state index in [9.17, 15) is 14.4 Å². The molecule has 2 aromatic carbocycles. The van der Waals surface area contributed by atoms with Crippen LogP contribution in [0.25, 0.3) is 22.5 Å². The predicted octanol–water partition coefficient (Wildman–Crippen LogP) is 3.82. The van der Waals surface area contributed by atoms with E-state index in [1.54, 1.807) is 24.5 Å². The Morgan fingerprint density at radius 2 is 1.81 bits per heavy atom. The third-order valence-corrected chi connectivity index (χ3v) is 6.67. The van der Waals surface area contributed by atoms with Crippen molar-refractivity contribution in [1.82, 2.24) is 19.8 Å². The summed E-state index contributed by atoms with van der Waals surface area (Å²) < 4.78 is 1.91. The van der Waals surface area contributed by atoms with Gasteiger partial charge in [0.1, 0.15) is 6.04 Å². The van der Waals surface area contributed by atoms with Gasteiger partial charge in [-0.05, 0) is 36.2 Å². The van der Waals surface area contributed by atoms with Gasteiger partial charge in [-0.2, -0.15) is 0 Å². The number of imidazole rings is 1. The van der Waals surface area contributed by atoms with Gasteiger partial charge in [-0.15, -0.1) is 0 Å². The Hall–Kier alpha value is -3.16. The highest BCUT2D eigenvalue weighted by molar-refractivity contribution is 6.42. The number of hydrogen-bond donors (Lipinski definition) is 1. The molecule has 5 rings (SSSR count). The SMILES string of the molecule is Cn1cnc(-c2ccc3c(c2)CN(C2CCC(=O)NC2=O)C3=O)c1-c1ccc(Cl)c(Cl)c1. The molecule has 0 radical (unpaired) electrons. The number of carbonyl (C=O) groups is 3. The Morgan fingerprint density at radius 3 is 2.56 bits per heavy atom. The molecule has 1 aromatic heterocycles. The molecule has 3 heterocycles. The number of aryl methyl sites for hydroxylation is 1. The van der Waals surface area contributed by atoms with Gasteiger partial charge in [0.05, 0.1) is 27.8 Å². The minimum atomic E-state index is -0.641. The van der Waals surface area contributed by atoms with Gasteiger partial charge < -0.3 is 9.47 Å². The first kappa shape index (κ1) is 20.7. The van der Waals surface area contributed by atoms with Gasteiger partial charge >= 0.3 is 0 Å². The number of aromatic nitrogens is 2. The van der Waals surface area contributed by atoms with Crippen molar-refractivity contribution in [3.63, 3.8) is 0 Å². The predicted molar refractivity (Wildman–Crippen MR) is 120 cm³/mol. The monoisotopic (exact) mass is 468 g/mol. The molecule has 3 aromatic rings. The number of nitrogens with zero attached hydrogens (tertiary/aromatic N) is 3. The van der Waals surface area contributed by atoms with Crippen molar-refractivity contribution >= 4 is 40.9 Å². The first-order valence-electron chi connectivity index (χ1n) is 10.1. The lowest BCUT2D eigenvalue weighted by atomic mass is 10.0. The molecule has 0 aliphatic carbocycles. The van der Waals surface area contributed by atoms with Gasteiger partial charge in [0.2, 0.25) is 11.8 Å². The van der Waals surface area contributed by atoms with Crippen LogP contribution in [-0.2, 0) is 23.2 Å². The largest absolute Gasteiger partial charge is 0.333 e.